The quantitative estimate of drug-likeness (QED) is 0.641. The predicted molar refractivity (Wildman–Crippen MR) is 74.2 cm³/mol. The molecule has 0 aliphatic heterocycles. The Hall–Kier alpha value is -1.02. The zero-order valence-electron chi connectivity index (χ0n) is 11.1. The number of hydrogen-bond acceptors (Lipinski definition) is 2. The Morgan fingerprint density at radius 1 is 1.12 bits per heavy atom. The maximum Gasteiger partial charge on any atom is 0.0316 e. The van der Waals surface area contributed by atoms with Gasteiger partial charge in [0, 0.05) is 11.7 Å². The third-order valence-corrected chi connectivity index (χ3v) is 4.05. The van der Waals surface area contributed by atoms with E-state index >= 15 is 0 Å². The molecule has 1 aliphatic carbocycles. The topological polar surface area (TPSA) is 29.3 Å². The number of aryl methyl sites for hydroxylation is 2. The third kappa shape index (κ3) is 2.81. The number of fused-ring (bicyclic) bond motifs is 1. The Kier molecular flexibility index (Phi) is 4.06. The number of hydrogen-bond donors (Lipinski definition) is 1. The zero-order chi connectivity index (χ0) is 12.3. The van der Waals surface area contributed by atoms with Crippen molar-refractivity contribution in [3.8, 4) is 0 Å². The normalized spacial score (nSPS) is 20.1. The van der Waals surface area contributed by atoms with Crippen LogP contribution in [0.3, 0.4) is 0 Å². The van der Waals surface area contributed by atoms with Crippen LogP contribution in [0.25, 0.3) is 0 Å². The van der Waals surface area contributed by atoms with Gasteiger partial charge < -0.3 is 10.6 Å². The van der Waals surface area contributed by atoms with E-state index in [1.54, 1.807) is 0 Å². The first kappa shape index (κ1) is 12.4. The van der Waals surface area contributed by atoms with Gasteiger partial charge in [-0.15, -0.1) is 0 Å². The van der Waals surface area contributed by atoms with Gasteiger partial charge in [0.05, 0.1) is 0 Å². The van der Waals surface area contributed by atoms with Gasteiger partial charge in [-0.1, -0.05) is 19.9 Å². The summed E-state index contributed by atoms with van der Waals surface area (Å²) in [6.07, 6.45) is 4.95. The standard InChI is InChI=1S/C15H24N2/c1-3-17(4-2)15-9-6-12-5-8-14(16)11-13(12)7-10-15/h5,8,11,15H,3-4,6-7,9-10,16H2,1-2H3. The first-order valence-electron chi connectivity index (χ1n) is 6.86. The van der Waals surface area contributed by atoms with E-state index in [9.17, 15) is 0 Å². The molecule has 0 bridgehead atoms. The summed E-state index contributed by atoms with van der Waals surface area (Å²) in [6.45, 7) is 6.86. The summed E-state index contributed by atoms with van der Waals surface area (Å²) < 4.78 is 0. The van der Waals surface area contributed by atoms with E-state index in [1.165, 1.54) is 49.9 Å². The molecule has 1 aromatic carbocycles. The third-order valence-electron chi connectivity index (χ3n) is 4.05. The fraction of sp³-hybridized carbons (Fsp3) is 0.600. The van der Waals surface area contributed by atoms with Crippen LogP contribution in [0.1, 0.15) is 37.8 Å². The van der Waals surface area contributed by atoms with E-state index in [-0.39, 0.29) is 0 Å². The second-order valence-electron chi connectivity index (χ2n) is 4.98. The summed E-state index contributed by atoms with van der Waals surface area (Å²) in [6, 6.07) is 7.17. The molecule has 94 valence electrons. The fourth-order valence-electron chi connectivity index (χ4n) is 3.02. The molecule has 1 atom stereocenters. The molecule has 1 unspecified atom stereocenters. The number of nitrogen functional groups attached to an aromatic ring is 1. The van der Waals surface area contributed by atoms with Crippen LogP contribution in [0.2, 0.25) is 0 Å². The molecule has 0 amide bonds. The second-order valence-corrected chi connectivity index (χ2v) is 4.98. The van der Waals surface area contributed by atoms with Crippen molar-refractivity contribution in [2.75, 3.05) is 18.8 Å². The molecule has 0 fully saturated rings. The van der Waals surface area contributed by atoms with Crippen LogP contribution < -0.4 is 5.73 Å². The lowest BCUT2D eigenvalue weighted by molar-refractivity contribution is 0.199. The summed E-state index contributed by atoms with van der Waals surface area (Å²) in [7, 11) is 0. The number of anilines is 1. The molecule has 0 radical (unpaired) electrons. The van der Waals surface area contributed by atoms with Crippen LogP contribution >= 0.6 is 0 Å². The van der Waals surface area contributed by atoms with Crippen LogP contribution in [-0.4, -0.2) is 24.0 Å². The van der Waals surface area contributed by atoms with Gasteiger partial charge in [0.2, 0.25) is 0 Å². The summed E-state index contributed by atoms with van der Waals surface area (Å²) in [4.78, 5) is 2.59. The molecule has 1 aromatic rings. The van der Waals surface area contributed by atoms with E-state index in [1.807, 2.05) is 6.07 Å². The minimum atomic E-state index is 0.749. The van der Waals surface area contributed by atoms with Gasteiger partial charge in [0.1, 0.15) is 0 Å². The summed E-state index contributed by atoms with van der Waals surface area (Å²) >= 11 is 0. The van der Waals surface area contributed by atoms with E-state index in [0.29, 0.717) is 0 Å². The van der Waals surface area contributed by atoms with Crippen molar-refractivity contribution in [3.05, 3.63) is 29.3 Å². The van der Waals surface area contributed by atoms with Crippen molar-refractivity contribution >= 4 is 5.69 Å². The average Bonchev–Trinajstić information content (AvgIpc) is 2.54. The fourth-order valence-corrected chi connectivity index (χ4v) is 3.02. The summed E-state index contributed by atoms with van der Waals surface area (Å²) in [5, 5.41) is 0. The van der Waals surface area contributed by atoms with Gasteiger partial charge in [-0.25, -0.2) is 0 Å². The molecule has 2 heteroatoms. The molecule has 0 spiro atoms. The highest BCUT2D eigenvalue weighted by atomic mass is 15.1. The maximum absolute atomic E-state index is 5.87. The van der Waals surface area contributed by atoms with Crippen molar-refractivity contribution in [1.82, 2.24) is 4.90 Å². The number of nitrogens with zero attached hydrogens (tertiary/aromatic N) is 1. The van der Waals surface area contributed by atoms with Crippen LogP contribution in [0.5, 0.6) is 0 Å². The van der Waals surface area contributed by atoms with Gasteiger partial charge in [0.25, 0.3) is 0 Å². The van der Waals surface area contributed by atoms with Gasteiger partial charge in [-0.2, -0.15) is 0 Å². The van der Waals surface area contributed by atoms with E-state index in [2.05, 4.69) is 30.9 Å². The lowest BCUT2D eigenvalue weighted by Gasteiger charge is -2.28. The molecule has 0 saturated carbocycles. The highest BCUT2D eigenvalue weighted by Crippen LogP contribution is 2.25. The number of nitrogens with two attached hydrogens (primary N) is 1. The minimum Gasteiger partial charge on any atom is -0.399 e. The van der Waals surface area contributed by atoms with Crippen molar-refractivity contribution in [2.24, 2.45) is 0 Å². The molecule has 2 N–H and O–H groups in total. The molecule has 0 saturated heterocycles. The van der Waals surface area contributed by atoms with Gasteiger partial charge in [0.15, 0.2) is 0 Å². The second kappa shape index (κ2) is 5.54. The van der Waals surface area contributed by atoms with Crippen LogP contribution in [0, 0.1) is 0 Å². The van der Waals surface area contributed by atoms with Crippen molar-refractivity contribution in [3.63, 3.8) is 0 Å². The maximum atomic E-state index is 5.87. The van der Waals surface area contributed by atoms with Crippen LogP contribution in [-0.2, 0) is 12.8 Å². The first-order valence-corrected chi connectivity index (χ1v) is 6.86. The van der Waals surface area contributed by atoms with Crippen molar-refractivity contribution in [1.29, 1.82) is 0 Å². The Morgan fingerprint density at radius 3 is 2.41 bits per heavy atom. The molecule has 2 nitrogen and oxygen atoms in total. The summed E-state index contributed by atoms with van der Waals surface area (Å²) in [5.41, 5.74) is 9.76. The Bertz CT molecular complexity index is 369. The molecular weight excluding hydrogens is 208 g/mol. The molecule has 2 rings (SSSR count). The predicted octanol–water partition coefficient (Wildman–Crippen LogP) is 2.86. The van der Waals surface area contributed by atoms with Gasteiger partial charge >= 0.3 is 0 Å². The molecule has 0 heterocycles. The van der Waals surface area contributed by atoms with E-state index in [0.717, 1.165) is 11.7 Å². The monoisotopic (exact) mass is 232 g/mol. The lowest BCUT2D eigenvalue weighted by Crippen LogP contribution is -2.35. The first-order chi connectivity index (χ1) is 8.24. The molecule has 17 heavy (non-hydrogen) atoms. The minimum absolute atomic E-state index is 0.749. The van der Waals surface area contributed by atoms with Crippen LogP contribution in [0.4, 0.5) is 5.69 Å². The lowest BCUT2D eigenvalue weighted by atomic mass is 10.0. The Labute approximate surface area is 105 Å². The Balaban J connectivity index is 2.10. The molecule has 1 aliphatic rings. The zero-order valence-corrected chi connectivity index (χ0v) is 11.1. The van der Waals surface area contributed by atoms with Crippen molar-refractivity contribution in [2.45, 2.75) is 45.6 Å². The van der Waals surface area contributed by atoms with Gasteiger partial charge in [-0.05, 0) is 62.0 Å². The average molecular weight is 232 g/mol. The number of rotatable bonds is 3. The van der Waals surface area contributed by atoms with E-state index in [4.69, 9.17) is 5.73 Å². The SMILES string of the molecule is CCN(CC)C1CCc2ccc(N)cc2CC1. The molecule has 0 aromatic heterocycles. The largest absolute Gasteiger partial charge is 0.399 e. The van der Waals surface area contributed by atoms with Crippen LogP contribution in [0.15, 0.2) is 18.2 Å². The van der Waals surface area contributed by atoms with E-state index < -0.39 is 0 Å². The smallest absolute Gasteiger partial charge is 0.0316 e. The summed E-state index contributed by atoms with van der Waals surface area (Å²) in [5.74, 6) is 0. The highest BCUT2D eigenvalue weighted by Gasteiger charge is 2.20. The number of benzene rings is 1. The molecular formula is C15H24N2. The highest BCUT2D eigenvalue weighted by molar-refractivity contribution is 5.45. The van der Waals surface area contributed by atoms with Gasteiger partial charge in [-0.3, -0.25) is 0 Å². The Morgan fingerprint density at radius 2 is 1.76 bits per heavy atom. The van der Waals surface area contributed by atoms with Crippen molar-refractivity contribution < 1.29 is 0 Å².